The zero-order valence-corrected chi connectivity index (χ0v) is 6.79. The van der Waals surface area contributed by atoms with Crippen LogP contribution in [0.1, 0.15) is 11.7 Å². The number of rotatable bonds is 3. The summed E-state index contributed by atoms with van der Waals surface area (Å²) < 4.78 is 0. The Labute approximate surface area is 75.1 Å². The minimum atomic E-state index is -1.78. The summed E-state index contributed by atoms with van der Waals surface area (Å²) in [5, 5.41) is 26.7. The highest BCUT2D eigenvalue weighted by atomic mass is 16.4. The van der Waals surface area contributed by atoms with Crippen molar-refractivity contribution >= 4 is 5.97 Å². The second-order valence-electron chi connectivity index (χ2n) is 2.64. The number of aliphatic carboxylic acids is 1. The molecule has 3 N–H and O–H groups in total. The molecule has 0 amide bonds. The molecule has 1 aromatic carbocycles. The Morgan fingerprint density at radius 3 is 2.15 bits per heavy atom. The van der Waals surface area contributed by atoms with Crippen LogP contribution in [0.15, 0.2) is 30.3 Å². The summed E-state index contributed by atoms with van der Waals surface area (Å²) in [4.78, 5) is 10.3. The zero-order valence-electron chi connectivity index (χ0n) is 6.79. The van der Waals surface area contributed by atoms with Crippen molar-refractivity contribution < 1.29 is 20.1 Å². The lowest BCUT2D eigenvalue weighted by atomic mass is 10.1. The van der Waals surface area contributed by atoms with Gasteiger partial charge in [-0.1, -0.05) is 30.3 Å². The minimum absolute atomic E-state index is 0.386. The predicted octanol–water partition coefficient (Wildman–Crippen LogP) is 0.166. The van der Waals surface area contributed by atoms with Crippen LogP contribution < -0.4 is 0 Å². The van der Waals surface area contributed by atoms with Gasteiger partial charge in [-0.3, -0.25) is 0 Å². The van der Waals surface area contributed by atoms with E-state index in [-0.39, 0.29) is 0 Å². The highest BCUT2D eigenvalue weighted by Gasteiger charge is 2.24. The SMILES string of the molecule is O=C(O)[C@@H](O)[C@@H](O)c1ccccc1. The van der Waals surface area contributed by atoms with Crippen LogP contribution in [0.25, 0.3) is 0 Å². The number of hydrogen-bond donors (Lipinski definition) is 3. The minimum Gasteiger partial charge on any atom is -0.479 e. The summed E-state index contributed by atoms with van der Waals surface area (Å²) in [6.07, 6.45) is -3.15. The first-order valence-corrected chi connectivity index (χ1v) is 3.77. The number of carbonyl (C=O) groups is 1. The maximum atomic E-state index is 10.3. The average Bonchev–Trinajstić information content (AvgIpc) is 2.17. The third-order valence-electron chi connectivity index (χ3n) is 1.69. The molecule has 0 fully saturated rings. The highest BCUT2D eigenvalue weighted by Crippen LogP contribution is 2.15. The van der Waals surface area contributed by atoms with Crippen LogP contribution in [0, 0.1) is 0 Å². The molecule has 0 aliphatic heterocycles. The first-order chi connectivity index (χ1) is 6.13. The van der Waals surface area contributed by atoms with Gasteiger partial charge in [0.1, 0.15) is 6.10 Å². The Bertz CT molecular complexity index is 283. The van der Waals surface area contributed by atoms with Gasteiger partial charge >= 0.3 is 5.97 Å². The molecule has 0 heterocycles. The van der Waals surface area contributed by atoms with Gasteiger partial charge in [0.2, 0.25) is 0 Å². The molecule has 0 aliphatic carbocycles. The lowest BCUT2D eigenvalue weighted by Gasteiger charge is -2.13. The first kappa shape index (κ1) is 9.70. The van der Waals surface area contributed by atoms with Gasteiger partial charge in [0.15, 0.2) is 6.10 Å². The van der Waals surface area contributed by atoms with E-state index in [0.29, 0.717) is 5.56 Å². The summed E-state index contributed by atoms with van der Waals surface area (Å²) in [7, 11) is 0. The van der Waals surface area contributed by atoms with Crippen LogP contribution in [-0.2, 0) is 4.79 Å². The van der Waals surface area contributed by atoms with Crippen LogP contribution in [0.4, 0.5) is 0 Å². The number of benzene rings is 1. The molecular formula is C9H10O4. The van der Waals surface area contributed by atoms with E-state index >= 15 is 0 Å². The van der Waals surface area contributed by atoms with Crippen molar-refractivity contribution in [1.82, 2.24) is 0 Å². The molecular weight excluding hydrogens is 172 g/mol. The van der Waals surface area contributed by atoms with Gasteiger partial charge in [-0.15, -0.1) is 0 Å². The molecule has 0 unspecified atom stereocenters. The predicted molar refractivity (Wildman–Crippen MR) is 45.0 cm³/mol. The second kappa shape index (κ2) is 4.02. The average molecular weight is 182 g/mol. The van der Waals surface area contributed by atoms with E-state index in [1.165, 1.54) is 0 Å². The van der Waals surface area contributed by atoms with Crippen molar-refractivity contribution in [3.05, 3.63) is 35.9 Å². The van der Waals surface area contributed by atoms with Gasteiger partial charge in [-0.05, 0) is 5.56 Å². The Balaban J connectivity index is 2.79. The van der Waals surface area contributed by atoms with E-state index in [9.17, 15) is 9.90 Å². The molecule has 1 aromatic rings. The Hall–Kier alpha value is -1.39. The molecule has 70 valence electrons. The molecule has 0 saturated carbocycles. The largest absolute Gasteiger partial charge is 0.479 e. The van der Waals surface area contributed by atoms with Gasteiger partial charge in [0, 0.05) is 0 Å². The van der Waals surface area contributed by atoms with Gasteiger partial charge in [-0.25, -0.2) is 4.79 Å². The normalized spacial score (nSPS) is 14.9. The molecule has 1 rings (SSSR count). The molecule has 13 heavy (non-hydrogen) atoms. The van der Waals surface area contributed by atoms with Crippen LogP contribution in [0.5, 0.6) is 0 Å². The summed E-state index contributed by atoms with van der Waals surface area (Å²) >= 11 is 0. The van der Waals surface area contributed by atoms with Crippen LogP contribution >= 0.6 is 0 Å². The van der Waals surface area contributed by atoms with Crippen LogP contribution in [0.3, 0.4) is 0 Å². The van der Waals surface area contributed by atoms with E-state index < -0.39 is 18.2 Å². The van der Waals surface area contributed by atoms with E-state index in [2.05, 4.69) is 0 Å². The van der Waals surface area contributed by atoms with Gasteiger partial charge < -0.3 is 15.3 Å². The van der Waals surface area contributed by atoms with Crippen molar-refractivity contribution in [3.8, 4) is 0 Å². The highest BCUT2D eigenvalue weighted by molar-refractivity contribution is 5.73. The molecule has 4 nitrogen and oxygen atoms in total. The van der Waals surface area contributed by atoms with Gasteiger partial charge in [-0.2, -0.15) is 0 Å². The van der Waals surface area contributed by atoms with Crippen molar-refractivity contribution in [1.29, 1.82) is 0 Å². The molecule has 0 radical (unpaired) electrons. The Morgan fingerprint density at radius 1 is 1.15 bits per heavy atom. The van der Waals surface area contributed by atoms with Gasteiger partial charge in [0.25, 0.3) is 0 Å². The molecule has 0 bridgehead atoms. The third-order valence-corrected chi connectivity index (χ3v) is 1.69. The monoisotopic (exact) mass is 182 g/mol. The molecule has 0 aromatic heterocycles. The number of aliphatic hydroxyl groups excluding tert-OH is 2. The van der Waals surface area contributed by atoms with E-state index in [1.807, 2.05) is 0 Å². The third kappa shape index (κ3) is 2.27. The molecule has 4 heteroatoms. The molecule has 0 spiro atoms. The van der Waals surface area contributed by atoms with Crippen LogP contribution in [0.2, 0.25) is 0 Å². The number of aliphatic hydroxyl groups is 2. The number of carboxylic acid groups (broad SMARTS) is 1. The van der Waals surface area contributed by atoms with Crippen molar-refractivity contribution in [2.75, 3.05) is 0 Å². The van der Waals surface area contributed by atoms with E-state index in [1.54, 1.807) is 30.3 Å². The fourth-order valence-electron chi connectivity index (χ4n) is 0.968. The topological polar surface area (TPSA) is 77.8 Å². The lowest BCUT2D eigenvalue weighted by Crippen LogP contribution is -2.27. The zero-order chi connectivity index (χ0) is 9.84. The maximum Gasteiger partial charge on any atom is 0.335 e. The van der Waals surface area contributed by atoms with E-state index in [0.717, 1.165) is 0 Å². The molecule has 0 saturated heterocycles. The molecule has 0 aliphatic rings. The Kier molecular flexibility index (Phi) is 3.00. The first-order valence-electron chi connectivity index (χ1n) is 3.77. The second-order valence-corrected chi connectivity index (χ2v) is 2.64. The summed E-state index contributed by atoms with van der Waals surface area (Å²) in [6, 6.07) is 8.16. The Morgan fingerprint density at radius 2 is 1.69 bits per heavy atom. The fourth-order valence-corrected chi connectivity index (χ4v) is 0.968. The van der Waals surface area contributed by atoms with Crippen molar-refractivity contribution in [2.45, 2.75) is 12.2 Å². The van der Waals surface area contributed by atoms with E-state index in [4.69, 9.17) is 10.2 Å². The fraction of sp³-hybridized carbons (Fsp3) is 0.222. The van der Waals surface area contributed by atoms with Gasteiger partial charge in [0.05, 0.1) is 0 Å². The smallest absolute Gasteiger partial charge is 0.335 e. The number of hydrogen-bond acceptors (Lipinski definition) is 3. The number of carboxylic acids is 1. The summed E-state index contributed by atoms with van der Waals surface area (Å²) in [6.45, 7) is 0. The standard InChI is InChI=1S/C9H10O4/c10-7(8(11)9(12)13)6-4-2-1-3-5-6/h1-5,7-8,10-11H,(H,12,13)/t7-,8-/m0/s1. The maximum absolute atomic E-state index is 10.3. The van der Waals surface area contributed by atoms with Crippen LogP contribution in [-0.4, -0.2) is 27.4 Å². The summed E-state index contributed by atoms with van der Waals surface area (Å²) in [5.41, 5.74) is 0.386. The lowest BCUT2D eigenvalue weighted by molar-refractivity contribution is -0.153. The quantitative estimate of drug-likeness (QED) is 0.622. The molecule has 2 atom stereocenters. The van der Waals surface area contributed by atoms with Crippen molar-refractivity contribution in [2.24, 2.45) is 0 Å². The van der Waals surface area contributed by atoms with Crippen molar-refractivity contribution in [3.63, 3.8) is 0 Å². The summed E-state index contributed by atoms with van der Waals surface area (Å²) in [5.74, 6) is -1.43.